The fourth-order valence-corrected chi connectivity index (χ4v) is 0. The zero-order valence-electron chi connectivity index (χ0n) is 3.03. The molecule has 0 aromatic carbocycles. The molecule has 0 atom stereocenters. The number of hydrogen-bond donors (Lipinski definition) is 0. The van der Waals surface area contributed by atoms with Crippen LogP contribution in [-0.4, -0.2) is 11.0 Å². The summed E-state index contributed by atoms with van der Waals surface area (Å²) in [7, 11) is 0. The summed E-state index contributed by atoms with van der Waals surface area (Å²) < 4.78 is 10.5. The Morgan fingerprint density at radius 1 is 1.60 bits per heavy atom. The van der Waals surface area contributed by atoms with Crippen molar-refractivity contribution in [1.82, 2.24) is 0 Å². The van der Waals surface area contributed by atoms with E-state index in [2.05, 4.69) is 0 Å². The lowest BCUT2D eigenvalue weighted by atomic mass is 10.8. The van der Waals surface area contributed by atoms with Gasteiger partial charge in [0.15, 0.2) is 0 Å². The number of rotatable bonds is 0. The molecular formula is C3H5FSi. The van der Waals surface area contributed by atoms with Gasteiger partial charge in [-0.3, -0.25) is 0 Å². The van der Waals surface area contributed by atoms with Gasteiger partial charge in [0.05, 0.1) is 6.33 Å². The highest BCUT2D eigenvalue weighted by molar-refractivity contribution is 5.75. The largest absolute Gasteiger partial charge is 0.216 e. The second-order valence-electron chi connectivity index (χ2n) is 0.459. The molecule has 0 spiro atoms. The lowest BCUT2D eigenvalue weighted by Gasteiger charge is -1.45. The third-order valence-electron chi connectivity index (χ3n) is 0.126. The van der Waals surface area contributed by atoms with Gasteiger partial charge in [0.1, 0.15) is 0 Å². The highest BCUT2D eigenvalue weighted by atomic mass is 28.1. The van der Waals surface area contributed by atoms with Crippen LogP contribution in [0, 0.1) is 0 Å². The van der Waals surface area contributed by atoms with Crippen molar-refractivity contribution in [2.75, 3.05) is 0 Å². The van der Waals surface area contributed by atoms with Crippen LogP contribution in [0.2, 0.25) is 0 Å². The molecule has 0 rings (SSSR count). The molecule has 0 aliphatic heterocycles. The summed E-state index contributed by atoms with van der Waals surface area (Å²) in [5.41, 5.74) is 0. The predicted molar refractivity (Wildman–Crippen MR) is 21.7 cm³/mol. The van der Waals surface area contributed by atoms with Crippen LogP contribution in [0.25, 0.3) is 0 Å². The number of hydrogen-bond acceptors (Lipinski definition) is 0. The zero-order chi connectivity index (χ0) is 3.41. The topological polar surface area (TPSA) is 0 Å². The SMILES string of the molecule is CC=CF.[Si]. The van der Waals surface area contributed by atoms with Gasteiger partial charge in [-0.2, -0.15) is 0 Å². The van der Waals surface area contributed by atoms with Crippen molar-refractivity contribution >= 4 is 11.0 Å². The van der Waals surface area contributed by atoms with E-state index in [4.69, 9.17) is 0 Å². The summed E-state index contributed by atoms with van der Waals surface area (Å²) in [5, 5.41) is 0. The minimum absolute atomic E-state index is 0. The van der Waals surface area contributed by atoms with Crippen molar-refractivity contribution in [3.8, 4) is 0 Å². The molecule has 0 unspecified atom stereocenters. The standard InChI is InChI=1S/C3H5F.Si/c1-2-3-4;/h2-3H,1H3;. The third-order valence-corrected chi connectivity index (χ3v) is 0.126. The van der Waals surface area contributed by atoms with Crippen molar-refractivity contribution < 1.29 is 4.39 Å². The first-order valence-corrected chi connectivity index (χ1v) is 1.13. The van der Waals surface area contributed by atoms with E-state index in [-0.39, 0.29) is 11.0 Å². The van der Waals surface area contributed by atoms with Gasteiger partial charge >= 0.3 is 0 Å². The molecule has 0 saturated carbocycles. The van der Waals surface area contributed by atoms with Crippen LogP contribution in [0.4, 0.5) is 4.39 Å². The molecule has 0 aliphatic carbocycles. The Hall–Kier alpha value is -0.113. The van der Waals surface area contributed by atoms with E-state index in [9.17, 15) is 4.39 Å². The van der Waals surface area contributed by atoms with Crippen LogP contribution in [0.1, 0.15) is 6.92 Å². The summed E-state index contributed by atoms with van der Waals surface area (Å²) in [6, 6.07) is 0. The van der Waals surface area contributed by atoms with Crippen LogP contribution in [0.5, 0.6) is 0 Å². The lowest BCUT2D eigenvalue weighted by Crippen LogP contribution is -1.22. The molecular weight excluding hydrogens is 83.1 g/mol. The fourth-order valence-electron chi connectivity index (χ4n) is 0. The Morgan fingerprint density at radius 2 is 1.80 bits per heavy atom. The van der Waals surface area contributed by atoms with Gasteiger partial charge in [0.2, 0.25) is 0 Å². The first-order chi connectivity index (χ1) is 1.91. The van der Waals surface area contributed by atoms with Gasteiger partial charge < -0.3 is 0 Å². The van der Waals surface area contributed by atoms with Gasteiger partial charge in [0, 0.05) is 11.0 Å². The van der Waals surface area contributed by atoms with Crippen LogP contribution >= 0.6 is 0 Å². The quantitative estimate of drug-likeness (QED) is 0.389. The summed E-state index contributed by atoms with van der Waals surface area (Å²) in [6.45, 7) is 1.62. The van der Waals surface area contributed by atoms with Gasteiger partial charge in [0.25, 0.3) is 0 Å². The summed E-state index contributed by atoms with van der Waals surface area (Å²) in [5.74, 6) is 0. The van der Waals surface area contributed by atoms with Crippen molar-refractivity contribution in [3.05, 3.63) is 12.4 Å². The van der Waals surface area contributed by atoms with Crippen LogP contribution in [0.3, 0.4) is 0 Å². The van der Waals surface area contributed by atoms with E-state index in [1.807, 2.05) is 0 Å². The van der Waals surface area contributed by atoms with Crippen molar-refractivity contribution in [1.29, 1.82) is 0 Å². The van der Waals surface area contributed by atoms with E-state index < -0.39 is 0 Å². The van der Waals surface area contributed by atoms with E-state index in [1.165, 1.54) is 6.08 Å². The monoisotopic (exact) mass is 88.0 g/mol. The average Bonchev–Trinajstić information content (AvgIpc) is 1.37. The zero-order valence-corrected chi connectivity index (χ0v) is 4.03. The summed E-state index contributed by atoms with van der Waals surface area (Å²) in [6.07, 6.45) is 1.83. The molecule has 0 fully saturated rings. The summed E-state index contributed by atoms with van der Waals surface area (Å²) in [4.78, 5) is 0. The first-order valence-electron chi connectivity index (χ1n) is 1.13. The van der Waals surface area contributed by atoms with Crippen molar-refractivity contribution in [2.45, 2.75) is 6.92 Å². The smallest absolute Gasteiger partial charge is 0.0824 e. The molecule has 0 bridgehead atoms. The fraction of sp³-hybridized carbons (Fsp3) is 0.333. The molecule has 4 radical (unpaired) electrons. The van der Waals surface area contributed by atoms with E-state index >= 15 is 0 Å². The predicted octanol–water partition coefficient (Wildman–Crippen LogP) is 1.11. The molecule has 0 saturated heterocycles. The molecule has 0 N–H and O–H groups in total. The van der Waals surface area contributed by atoms with E-state index in [0.29, 0.717) is 6.33 Å². The highest BCUT2D eigenvalue weighted by Gasteiger charge is 1.38. The Bertz CT molecular complexity index is 22.1. The Labute approximate surface area is 35.7 Å². The lowest BCUT2D eigenvalue weighted by molar-refractivity contribution is 0.719. The molecule has 2 heteroatoms. The number of allylic oxidation sites excluding steroid dienone is 1. The van der Waals surface area contributed by atoms with Crippen LogP contribution in [-0.2, 0) is 0 Å². The average molecular weight is 88.2 g/mol. The molecule has 0 heterocycles. The Morgan fingerprint density at radius 3 is 1.80 bits per heavy atom. The van der Waals surface area contributed by atoms with Crippen LogP contribution in [0.15, 0.2) is 12.4 Å². The number of halogens is 1. The molecule has 5 heavy (non-hydrogen) atoms. The molecule has 0 aliphatic rings. The molecule has 0 amide bonds. The maximum atomic E-state index is 10.5. The molecule has 28 valence electrons. The molecule has 0 aromatic rings. The van der Waals surface area contributed by atoms with Gasteiger partial charge in [-0.05, 0) is 6.92 Å². The van der Waals surface area contributed by atoms with Gasteiger partial charge in [-0.15, -0.1) is 0 Å². The maximum absolute atomic E-state index is 10.5. The summed E-state index contributed by atoms with van der Waals surface area (Å²) >= 11 is 0. The maximum Gasteiger partial charge on any atom is 0.0824 e. The second-order valence-corrected chi connectivity index (χ2v) is 0.459. The Balaban J connectivity index is 0. The minimum Gasteiger partial charge on any atom is -0.216 e. The minimum atomic E-state index is 0. The van der Waals surface area contributed by atoms with E-state index in [1.54, 1.807) is 6.92 Å². The molecule has 0 aromatic heterocycles. The van der Waals surface area contributed by atoms with E-state index in [0.717, 1.165) is 0 Å². The Kier molecular flexibility index (Phi) is 16.1. The normalized spacial score (nSPS) is 7.60. The first kappa shape index (κ1) is 8.86. The van der Waals surface area contributed by atoms with Crippen LogP contribution < -0.4 is 0 Å². The van der Waals surface area contributed by atoms with Gasteiger partial charge in [-0.1, -0.05) is 6.08 Å². The third kappa shape index (κ3) is 17.6. The van der Waals surface area contributed by atoms with Crippen molar-refractivity contribution in [2.24, 2.45) is 0 Å². The van der Waals surface area contributed by atoms with Crippen molar-refractivity contribution in [3.63, 3.8) is 0 Å². The highest BCUT2D eigenvalue weighted by Crippen LogP contribution is 1.62. The van der Waals surface area contributed by atoms with Gasteiger partial charge in [-0.25, -0.2) is 4.39 Å². The second kappa shape index (κ2) is 9.10. The molecule has 0 nitrogen and oxygen atoms in total.